The Labute approximate surface area is 77.6 Å². The Kier molecular flexibility index (Phi) is 3.48. The van der Waals surface area contributed by atoms with Crippen molar-refractivity contribution < 1.29 is 9.59 Å². The summed E-state index contributed by atoms with van der Waals surface area (Å²) in [7, 11) is 2.90. The average molecular weight is 206 g/mol. The van der Waals surface area contributed by atoms with Crippen LogP contribution in [0, 0.1) is 0 Å². The van der Waals surface area contributed by atoms with E-state index >= 15 is 0 Å². The van der Waals surface area contributed by atoms with Gasteiger partial charge in [0.25, 0.3) is 5.91 Å². The van der Waals surface area contributed by atoms with E-state index in [1.165, 1.54) is 21.1 Å². The Morgan fingerprint density at radius 1 is 1.17 bits per heavy atom. The van der Waals surface area contributed by atoms with Crippen LogP contribution in [-0.2, 0) is 4.79 Å². The summed E-state index contributed by atoms with van der Waals surface area (Å²) in [4.78, 5) is 21.3. The summed E-state index contributed by atoms with van der Waals surface area (Å²) in [6.07, 6.45) is 2.37. The van der Waals surface area contributed by atoms with Crippen molar-refractivity contribution >= 4 is 32.9 Å². The highest BCUT2D eigenvalue weighted by Crippen LogP contribution is 2.18. The number of unbranched alkanes of at least 4 members (excludes halogenated alkanes) is 1. The van der Waals surface area contributed by atoms with E-state index in [4.69, 9.17) is 5.73 Å². The van der Waals surface area contributed by atoms with Gasteiger partial charge in [-0.1, -0.05) is 0 Å². The minimum Gasteiger partial charge on any atom is -0.370 e. The van der Waals surface area contributed by atoms with Gasteiger partial charge in [-0.05, 0) is 12.8 Å². The first-order valence-electron chi connectivity index (χ1n) is 3.66. The number of primary amides is 1. The normalized spacial score (nSPS) is 10.3. The Morgan fingerprint density at radius 3 is 2.25 bits per heavy atom. The molecule has 6 heteroatoms. The number of aromatic nitrogens is 1. The minimum absolute atomic E-state index is 0.134. The zero-order valence-electron chi connectivity index (χ0n) is 6.49. The van der Waals surface area contributed by atoms with Gasteiger partial charge in [0.05, 0.1) is 0 Å². The predicted molar refractivity (Wildman–Crippen MR) is 48.5 cm³/mol. The van der Waals surface area contributed by atoms with Crippen LogP contribution in [0.2, 0.25) is 0 Å². The number of amides is 1. The van der Waals surface area contributed by atoms with Crippen molar-refractivity contribution in [1.82, 2.24) is 3.35 Å². The van der Waals surface area contributed by atoms with E-state index in [9.17, 15) is 9.59 Å². The Balaban J connectivity index is 2.00. The molecule has 1 aromatic heterocycles. The third-order valence-corrected chi connectivity index (χ3v) is 3.02. The molecule has 68 valence electrons. The third-order valence-electron chi connectivity index (χ3n) is 1.42. The van der Waals surface area contributed by atoms with Crippen molar-refractivity contribution in [3.63, 3.8) is 0 Å². The molecule has 4 nitrogen and oxygen atoms in total. The van der Waals surface area contributed by atoms with Gasteiger partial charge in [0, 0.05) is 33.9 Å². The fourth-order valence-corrected chi connectivity index (χ4v) is 1.75. The number of hydrogen-bond acceptors (Lipinski definition) is 4. The number of rotatable bonds is 5. The van der Waals surface area contributed by atoms with Gasteiger partial charge >= 0.3 is 0 Å². The molecule has 0 aliphatic rings. The number of hydrogen-bond donors (Lipinski definition) is 1. The van der Waals surface area contributed by atoms with E-state index < -0.39 is 0 Å². The molecule has 0 saturated heterocycles. The summed E-state index contributed by atoms with van der Waals surface area (Å²) in [6, 6.07) is 0. The van der Waals surface area contributed by atoms with E-state index in [1.54, 1.807) is 3.35 Å². The lowest BCUT2D eigenvalue weighted by Gasteiger charge is -1.94. The largest absolute Gasteiger partial charge is 0.370 e. The van der Waals surface area contributed by atoms with E-state index in [0.717, 1.165) is 6.42 Å². The van der Waals surface area contributed by atoms with Crippen molar-refractivity contribution in [3.05, 3.63) is 0 Å². The standard InChI is InChI=1S/C6H10N2O2S2/c7-5(9)3-1-2-4-6(10)8-11-12-8/h1-4H2,(H2,7,9). The van der Waals surface area contributed by atoms with Gasteiger partial charge in [0.15, 0.2) is 0 Å². The Bertz CT molecular complexity index is 252. The summed E-state index contributed by atoms with van der Waals surface area (Å²) in [5, 5.41) is 0. The molecule has 1 rings (SSSR count). The molecule has 0 bridgehead atoms. The number of carbonyl (C=O) groups excluding carboxylic acids is 2. The van der Waals surface area contributed by atoms with Gasteiger partial charge in [-0.25, -0.2) is 0 Å². The molecule has 0 saturated carbocycles. The van der Waals surface area contributed by atoms with E-state index in [2.05, 4.69) is 0 Å². The zero-order chi connectivity index (χ0) is 8.97. The molecule has 1 amide bonds. The molecule has 1 aromatic rings. The van der Waals surface area contributed by atoms with Crippen LogP contribution >= 0.6 is 21.1 Å². The van der Waals surface area contributed by atoms with E-state index in [0.29, 0.717) is 19.3 Å². The van der Waals surface area contributed by atoms with Crippen molar-refractivity contribution in [2.45, 2.75) is 25.7 Å². The van der Waals surface area contributed by atoms with Gasteiger partial charge in [-0.15, -0.1) is 0 Å². The number of nitrogens with zero attached hydrogens (tertiary/aromatic N) is 1. The first-order valence-corrected chi connectivity index (χ1v) is 5.72. The molecule has 0 aliphatic heterocycles. The predicted octanol–water partition coefficient (Wildman–Crippen LogP) is 1.30. The van der Waals surface area contributed by atoms with Crippen molar-refractivity contribution in [2.24, 2.45) is 5.73 Å². The molecule has 0 aliphatic carbocycles. The Hall–Kier alpha value is -0.620. The molecular formula is C6H10N2O2S2. The Morgan fingerprint density at radius 2 is 1.75 bits per heavy atom. The summed E-state index contributed by atoms with van der Waals surface area (Å²) in [5.74, 6) is -0.160. The van der Waals surface area contributed by atoms with Crippen molar-refractivity contribution in [1.29, 1.82) is 0 Å². The molecule has 0 spiro atoms. The van der Waals surface area contributed by atoms with Gasteiger partial charge in [-0.2, -0.15) is 3.35 Å². The van der Waals surface area contributed by atoms with Crippen molar-refractivity contribution in [3.8, 4) is 0 Å². The molecule has 0 aromatic carbocycles. The van der Waals surface area contributed by atoms with Gasteiger partial charge in [0.2, 0.25) is 5.91 Å². The summed E-state index contributed by atoms with van der Waals surface area (Å²) in [6.45, 7) is 0. The highest BCUT2D eigenvalue weighted by atomic mass is 33.0. The molecule has 0 fully saturated rings. The molecule has 0 radical (unpaired) electrons. The van der Waals surface area contributed by atoms with Crippen LogP contribution in [0.4, 0.5) is 0 Å². The van der Waals surface area contributed by atoms with Crippen LogP contribution < -0.4 is 5.73 Å². The van der Waals surface area contributed by atoms with Gasteiger partial charge < -0.3 is 5.73 Å². The van der Waals surface area contributed by atoms with E-state index in [1.807, 2.05) is 0 Å². The average Bonchev–Trinajstić information content (AvgIpc) is 2.79. The molecule has 1 heterocycles. The maximum Gasteiger partial charge on any atom is 0.250 e. The fourth-order valence-electron chi connectivity index (χ4n) is 0.767. The lowest BCUT2D eigenvalue weighted by atomic mass is 10.2. The maximum atomic E-state index is 11.0. The first kappa shape index (κ1) is 9.47. The highest BCUT2D eigenvalue weighted by Gasteiger charge is 2.09. The topological polar surface area (TPSA) is 65.1 Å². The summed E-state index contributed by atoms with van der Waals surface area (Å²) >= 11 is 0. The second-order valence-corrected chi connectivity index (χ2v) is 4.63. The number of carbonyl (C=O) groups is 2. The van der Waals surface area contributed by atoms with Crippen LogP contribution in [-0.4, -0.2) is 15.2 Å². The zero-order valence-corrected chi connectivity index (χ0v) is 8.12. The lowest BCUT2D eigenvalue weighted by molar-refractivity contribution is -0.118. The van der Waals surface area contributed by atoms with Crippen LogP contribution in [0.5, 0.6) is 0 Å². The highest BCUT2D eigenvalue weighted by molar-refractivity contribution is 7.77. The molecule has 2 N–H and O–H groups in total. The molecule has 12 heavy (non-hydrogen) atoms. The van der Waals surface area contributed by atoms with Crippen molar-refractivity contribution in [2.75, 3.05) is 0 Å². The lowest BCUT2D eigenvalue weighted by Crippen LogP contribution is -2.10. The van der Waals surface area contributed by atoms with Gasteiger partial charge in [0.1, 0.15) is 0 Å². The SMILES string of the molecule is NC(=O)CCCCC(=O)n1ss1. The summed E-state index contributed by atoms with van der Waals surface area (Å²) < 4.78 is 1.63. The number of nitrogens with two attached hydrogens (primary N) is 1. The van der Waals surface area contributed by atoms with Crippen LogP contribution in [0.15, 0.2) is 0 Å². The molecular weight excluding hydrogens is 196 g/mol. The van der Waals surface area contributed by atoms with Crippen LogP contribution in [0.25, 0.3) is 0 Å². The third kappa shape index (κ3) is 3.68. The minimum atomic E-state index is -0.294. The smallest absolute Gasteiger partial charge is 0.250 e. The maximum absolute atomic E-state index is 11.0. The summed E-state index contributed by atoms with van der Waals surface area (Å²) in [5.41, 5.74) is 4.94. The molecule has 0 unspecified atom stereocenters. The molecule has 0 atom stereocenters. The van der Waals surface area contributed by atoms with E-state index in [-0.39, 0.29) is 11.8 Å². The fraction of sp³-hybridized carbons (Fsp3) is 0.667. The van der Waals surface area contributed by atoms with Crippen LogP contribution in [0.1, 0.15) is 30.5 Å². The second kappa shape index (κ2) is 4.42. The van der Waals surface area contributed by atoms with Crippen LogP contribution in [0.3, 0.4) is 0 Å². The quantitative estimate of drug-likeness (QED) is 0.583. The van der Waals surface area contributed by atoms with Gasteiger partial charge in [-0.3, -0.25) is 9.59 Å². The first-order chi connectivity index (χ1) is 5.70. The second-order valence-electron chi connectivity index (χ2n) is 2.47. The monoisotopic (exact) mass is 206 g/mol.